The van der Waals surface area contributed by atoms with Gasteiger partial charge in [-0.15, -0.1) is 0 Å². The van der Waals surface area contributed by atoms with Crippen LogP contribution in [0.5, 0.6) is 0 Å². The molecule has 7 nitrogen and oxygen atoms in total. The van der Waals surface area contributed by atoms with Gasteiger partial charge >= 0.3 is 0 Å². The number of amides is 1. The molecule has 2 aromatic rings. The van der Waals surface area contributed by atoms with E-state index in [1.165, 1.54) is 0 Å². The van der Waals surface area contributed by atoms with E-state index in [1.807, 2.05) is 42.1 Å². The van der Waals surface area contributed by atoms with E-state index in [-0.39, 0.29) is 11.9 Å². The molecule has 4 heterocycles. The van der Waals surface area contributed by atoms with E-state index < -0.39 is 0 Å². The lowest BCUT2D eigenvalue weighted by molar-refractivity contribution is -0.134. The third-order valence-electron chi connectivity index (χ3n) is 5.03. The van der Waals surface area contributed by atoms with Gasteiger partial charge in [0, 0.05) is 32.4 Å². The summed E-state index contributed by atoms with van der Waals surface area (Å²) in [6.07, 6.45) is 4.52. The van der Waals surface area contributed by atoms with Gasteiger partial charge in [-0.25, -0.2) is 9.97 Å². The third kappa shape index (κ3) is 3.14. The Bertz CT molecular complexity index is 801. The van der Waals surface area contributed by atoms with E-state index >= 15 is 0 Å². The van der Waals surface area contributed by atoms with Gasteiger partial charge in [0.1, 0.15) is 11.5 Å². The summed E-state index contributed by atoms with van der Waals surface area (Å²) in [5.41, 5.74) is 2.82. The molecule has 4 rings (SSSR count). The maximum Gasteiger partial charge on any atom is 0.240 e. The van der Waals surface area contributed by atoms with Crippen LogP contribution in [0.15, 0.2) is 24.4 Å². The van der Waals surface area contributed by atoms with Crippen LogP contribution in [-0.2, 0) is 17.8 Å². The summed E-state index contributed by atoms with van der Waals surface area (Å²) in [5.74, 6) is 1.72. The lowest BCUT2D eigenvalue weighted by Crippen LogP contribution is -2.46. The third-order valence-corrected chi connectivity index (χ3v) is 5.03. The van der Waals surface area contributed by atoms with Gasteiger partial charge in [-0.05, 0) is 37.9 Å². The monoisotopic (exact) mass is 352 g/mol. The molecule has 1 atom stereocenters. The summed E-state index contributed by atoms with van der Waals surface area (Å²) in [7, 11) is 3.98. The molecule has 7 heteroatoms. The molecule has 1 N–H and O–H groups in total. The van der Waals surface area contributed by atoms with Crippen LogP contribution in [0.1, 0.15) is 24.1 Å². The minimum atomic E-state index is -0.0398. The average Bonchev–Trinajstić information content (AvgIpc) is 3.21. The van der Waals surface area contributed by atoms with Gasteiger partial charge in [-0.1, -0.05) is 6.07 Å². The lowest BCUT2D eigenvalue weighted by atomic mass is 10.0. The van der Waals surface area contributed by atoms with Crippen LogP contribution in [0, 0.1) is 0 Å². The van der Waals surface area contributed by atoms with Crippen LogP contribution in [0.3, 0.4) is 0 Å². The number of hydrogen-bond acceptors (Lipinski definition) is 6. The van der Waals surface area contributed by atoms with Crippen molar-refractivity contribution >= 4 is 11.7 Å². The van der Waals surface area contributed by atoms with Crippen LogP contribution in [0.2, 0.25) is 0 Å². The summed E-state index contributed by atoms with van der Waals surface area (Å²) in [6.45, 7) is 2.18. The highest BCUT2D eigenvalue weighted by atomic mass is 16.2. The van der Waals surface area contributed by atoms with Crippen LogP contribution >= 0.6 is 0 Å². The first kappa shape index (κ1) is 16.9. The van der Waals surface area contributed by atoms with E-state index in [0.29, 0.717) is 12.4 Å². The fourth-order valence-electron chi connectivity index (χ4n) is 3.69. The number of pyridine rings is 1. The SMILES string of the molecule is CN(C)c1nc(-c2ccccn2)nc2c1CCN(C(=O)[C@@H]1CCCN1)C2. The molecule has 2 aromatic heterocycles. The van der Waals surface area contributed by atoms with E-state index in [2.05, 4.69) is 10.3 Å². The van der Waals surface area contributed by atoms with Gasteiger partial charge in [-0.2, -0.15) is 0 Å². The molecular formula is C19H24N6O. The second-order valence-corrected chi connectivity index (χ2v) is 7.06. The summed E-state index contributed by atoms with van der Waals surface area (Å²) in [4.78, 5) is 30.6. The molecule has 1 fully saturated rings. The Balaban J connectivity index is 1.68. The van der Waals surface area contributed by atoms with Crippen molar-refractivity contribution in [3.05, 3.63) is 35.7 Å². The van der Waals surface area contributed by atoms with Crippen molar-refractivity contribution in [1.82, 2.24) is 25.2 Å². The second-order valence-electron chi connectivity index (χ2n) is 7.06. The van der Waals surface area contributed by atoms with E-state index in [0.717, 1.165) is 55.1 Å². The number of carbonyl (C=O) groups excluding carboxylic acids is 1. The Morgan fingerprint density at radius 2 is 2.19 bits per heavy atom. The van der Waals surface area contributed by atoms with E-state index in [9.17, 15) is 4.79 Å². The molecule has 26 heavy (non-hydrogen) atoms. The molecule has 0 aliphatic carbocycles. The predicted octanol–water partition coefficient (Wildman–Crippen LogP) is 1.24. The average molecular weight is 352 g/mol. The highest BCUT2D eigenvalue weighted by molar-refractivity contribution is 5.82. The number of rotatable bonds is 3. The Hall–Kier alpha value is -2.54. The highest BCUT2D eigenvalue weighted by Gasteiger charge is 2.31. The number of nitrogens with zero attached hydrogens (tertiary/aromatic N) is 5. The number of fused-ring (bicyclic) bond motifs is 1. The number of aromatic nitrogens is 3. The van der Waals surface area contributed by atoms with E-state index in [4.69, 9.17) is 9.97 Å². The van der Waals surface area contributed by atoms with Crippen molar-refractivity contribution in [2.75, 3.05) is 32.1 Å². The van der Waals surface area contributed by atoms with Crippen LogP contribution in [-0.4, -0.2) is 59.0 Å². The zero-order valence-electron chi connectivity index (χ0n) is 15.3. The molecule has 1 saturated heterocycles. The molecule has 0 bridgehead atoms. The first-order valence-corrected chi connectivity index (χ1v) is 9.14. The molecule has 0 radical (unpaired) electrons. The summed E-state index contributed by atoms with van der Waals surface area (Å²) < 4.78 is 0. The lowest BCUT2D eigenvalue weighted by Gasteiger charge is -2.32. The minimum Gasteiger partial charge on any atom is -0.362 e. The van der Waals surface area contributed by atoms with Gasteiger partial charge < -0.3 is 15.1 Å². The molecular weight excluding hydrogens is 328 g/mol. The smallest absolute Gasteiger partial charge is 0.240 e. The standard InChI is InChI=1S/C19H24N6O/c1-24(2)18-13-8-11-25(19(26)15-7-5-10-21-15)12-16(13)22-17(23-18)14-6-3-4-9-20-14/h3-4,6,9,15,21H,5,7-8,10-12H2,1-2H3/t15-/m0/s1. The molecule has 1 amide bonds. The minimum absolute atomic E-state index is 0.0398. The molecule has 2 aliphatic rings. The number of anilines is 1. The van der Waals surface area contributed by atoms with E-state index in [1.54, 1.807) is 6.20 Å². The molecule has 0 aromatic carbocycles. The second kappa shape index (κ2) is 6.99. The largest absolute Gasteiger partial charge is 0.362 e. The zero-order valence-corrected chi connectivity index (χ0v) is 15.3. The first-order chi connectivity index (χ1) is 12.6. The number of hydrogen-bond donors (Lipinski definition) is 1. The van der Waals surface area contributed by atoms with Crippen LogP contribution in [0.25, 0.3) is 11.5 Å². The zero-order chi connectivity index (χ0) is 18.1. The molecule has 0 spiro atoms. The van der Waals surface area contributed by atoms with Crippen molar-refractivity contribution in [3.8, 4) is 11.5 Å². The van der Waals surface area contributed by atoms with Crippen LogP contribution in [0.4, 0.5) is 5.82 Å². The Labute approximate surface area is 153 Å². The summed E-state index contributed by atoms with van der Waals surface area (Å²) in [5, 5.41) is 3.30. The Morgan fingerprint density at radius 3 is 2.88 bits per heavy atom. The first-order valence-electron chi connectivity index (χ1n) is 9.14. The molecule has 0 unspecified atom stereocenters. The predicted molar refractivity (Wildman–Crippen MR) is 99.7 cm³/mol. The van der Waals surface area contributed by atoms with Crippen molar-refractivity contribution in [1.29, 1.82) is 0 Å². The Kier molecular flexibility index (Phi) is 4.55. The van der Waals surface area contributed by atoms with Crippen molar-refractivity contribution in [2.24, 2.45) is 0 Å². The van der Waals surface area contributed by atoms with Crippen molar-refractivity contribution < 1.29 is 4.79 Å². The topological polar surface area (TPSA) is 74.2 Å². The highest BCUT2D eigenvalue weighted by Crippen LogP contribution is 2.28. The van der Waals surface area contributed by atoms with Gasteiger partial charge in [0.2, 0.25) is 5.91 Å². The number of nitrogens with one attached hydrogen (secondary N) is 1. The fraction of sp³-hybridized carbons (Fsp3) is 0.474. The Morgan fingerprint density at radius 1 is 1.31 bits per heavy atom. The maximum absolute atomic E-state index is 12.8. The van der Waals surface area contributed by atoms with Gasteiger partial charge in [-0.3, -0.25) is 9.78 Å². The summed E-state index contributed by atoms with van der Waals surface area (Å²) in [6, 6.07) is 5.68. The fourth-order valence-corrected chi connectivity index (χ4v) is 3.69. The molecule has 0 saturated carbocycles. The summed E-state index contributed by atoms with van der Waals surface area (Å²) >= 11 is 0. The molecule has 136 valence electrons. The normalized spacial score (nSPS) is 19.3. The van der Waals surface area contributed by atoms with Gasteiger partial charge in [0.25, 0.3) is 0 Å². The maximum atomic E-state index is 12.8. The van der Waals surface area contributed by atoms with Crippen molar-refractivity contribution in [3.63, 3.8) is 0 Å². The molecule has 2 aliphatic heterocycles. The van der Waals surface area contributed by atoms with Gasteiger partial charge in [0.05, 0.1) is 18.3 Å². The van der Waals surface area contributed by atoms with Crippen molar-refractivity contribution in [2.45, 2.75) is 31.8 Å². The quantitative estimate of drug-likeness (QED) is 0.896. The van der Waals surface area contributed by atoms with Crippen LogP contribution < -0.4 is 10.2 Å². The number of carbonyl (C=O) groups is 1. The van der Waals surface area contributed by atoms with Gasteiger partial charge in [0.15, 0.2) is 5.82 Å².